The first-order valence-electron chi connectivity index (χ1n) is 7.68. The van der Waals surface area contributed by atoms with Crippen LogP contribution in [0.15, 0.2) is 41.3 Å². The Balaban J connectivity index is 1.65. The lowest BCUT2D eigenvalue weighted by Crippen LogP contribution is -2.71. The maximum absolute atomic E-state index is 13.6. The van der Waals surface area contributed by atoms with Gasteiger partial charge in [-0.2, -0.15) is 4.31 Å². The van der Waals surface area contributed by atoms with E-state index in [1.54, 1.807) is 0 Å². The van der Waals surface area contributed by atoms with Gasteiger partial charge < -0.3 is 10.5 Å². The fourth-order valence-corrected chi connectivity index (χ4v) is 5.01. The quantitative estimate of drug-likeness (QED) is 0.738. The minimum Gasteiger partial charge on any atom is -0.492 e. The molecule has 10 heteroatoms. The van der Waals surface area contributed by atoms with E-state index in [2.05, 4.69) is 4.85 Å². The van der Waals surface area contributed by atoms with Gasteiger partial charge in [0.1, 0.15) is 23.1 Å². The highest BCUT2D eigenvalue weighted by atomic mass is 35.5. The van der Waals surface area contributed by atoms with E-state index >= 15 is 0 Å². The van der Waals surface area contributed by atoms with Crippen molar-refractivity contribution in [3.8, 4) is 5.75 Å². The number of rotatable bonds is 5. The lowest BCUT2D eigenvalue weighted by atomic mass is 9.95. The molecule has 0 saturated carbocycles. The van der Waals surface area contributed by atoms with E-state index in [1.807, 2.05) is 0 Å². The number of halogens is 3. The maximum atomic E-state index is 13.6. The van der Waals surface area contributed by atoms with Crippen LogP contribution >= 0.6 is 23.2 Å². The van der Waals surface area contributed by atoms with Crippen molar-refractivity contribution in [2.45, 2.75) is 10.4 Å². The molecule has 3 rings (SSSR count). The molecule has 27 heavy (non-hydrogen) atoms. The van der Waals surface area contributed by atoms with Gasteiger partial charge in [-0.1, -0.05) is 23.2 Å². The summed E-state index contributed by atoms with van der Waals surface area (Å²) in [6.07, 6.45) is 0. The Morgan fingerprint density at radius 1 is 1.26 bits per heavy atom. The number of hydrogen-bond donors (Lipinski definition) is 1. The third-order valence-electron chi connectivity index (χ3n) is 4.06. The Hall–Kier alpha value is -1.89. The number of nitrogens with zero attached hydrogens (tertiary/aromatic N) is 2. The van der Waals surface area contributed by atoms with Crippen LogP contribution in [0.5, 0.6) is 5.75 Å². The highest BCUT2D eigenvalue weighted by Crippen LogP contribution is 2.32. The van der Waals surface area contributed by atoms with E-state index in [4.69, 9.17) is 40.2 Å². The van der Waals surface area contributed by atoms with Crippen LogP contribution in [-0.2, 0) is 10.0 Å². The molecular weight excluding hydrogens is 416 g/mol. The molecule has 0 bridgehead atoms. The van der Waals surface area contributed by atoms with Gasteiger partial charge in [-0.15, -0.1) is 0 Å². The summed E-state index contributed by atoms with van der Waals surface area (Å²) < 4.78 is 45.6. The number of ether oxygens (including phenoxy) is 1. The van der Waals surface area contributed by atoms with E-state index in [0.717, 1.165) is 6.07 Å². The fourth-order valence-electron chi connectivity index (χ4n) is 2.64. The molecule has 1 heterocycles. The molecule has 1 saturated heterocycles. The lowest BCUT2D eigenvalue weighted by Gasteiger charge is -2.46. The molecule has 0 amide bonds. The molecule has 6 nitrogen and oxygen atoms in total. The molecule has 1 aliphatic heterocycles. The predicted molar refractivity (Wildman–Crippen MR) is 100 cm³/mol. The summed E-state index contributed by atoms with van der Waals surface area (Å²) in [7, 11) is -3.81. The first kappa shape index (κ1) is 19.9. The van der Waals surface area contributed by atoms with Crippen molar-refractivity contribution in [3.05, 3.63) is 63.7 Å². The predicted octanol–water partition coefficient (Wildman–Crippen LogP) is 3.46. The lowest BCUT2D eigenvalue weighted by molar-refractivity contribution is 0.0952. The summed E-state index contributed by atoms with van der Waals surface area (Å²) >= 11 is 11.8. The van der Waals surface area contributed by atoms with Gasteiger partial charge in [0, 0.05) is 24.2 Å². The monoisotopic (exact) mass is 429 g/mol. The van der Waals surface area contributed by atoms with Gasteiger partial charge in [0.15, 0.2) is 0 Å². The van der Waals surface area contributed by atoms with Crippen molar-refractivity contribution in [2.24, 2.45) is 5.73 Å². The molecular formula is C17H14Cl2FN3O3S. The summed E-state index contributed by atoms with van der Waals surface area (Å²) in [6, 6.07) is 8.00. The van der Waals surface area contributed by atoms with Gasteiger partial charge in [0.2, 0.25) is 15.7 Å². The summed E-state index contributed by atoms with van der Waals surface area (Å²) in [5, 5.41) is 0.365. The zero-order valence-corrected chi connectivity index (χ0v) is 16.2. The molecule has 2 aromatic carbocycles. The van der Waals surface area contributed by atoms with Crippen LogP contribution in [0.25, 0.3) is 4.85 Å². The van der Waals surface area contributed by atoms with Crippen molar-refractivity contribution < 1.29 is 17.5 Å². The molecule has 0 aliphatic carbocycles. The third kappa shape index (κ3) is 4.03. The molecule has 2 aromatic rings. The van der Waals surface area contributed by atoms with Crippen LogP contribution in [0.3, 0.4) is 0 Å². The normalized spacial score (nSPS) is 16.4. The van der Waals surface area contributed by atoms with Crippen molar-refractivity contribution in [2.75, 3.05) is 19.7 Å². The summed E-state index contributed by atoms with van der Waals surface area (Å²) in [6.45, 7) is 6.86. The molecule has 0 unspecified atom stereocenters. The molecule has 1 aliphatic rings. The van der Waals surface area contributed by atoms with Crippen LogP contribution in [0, 0.1) is 12.4 Å². The van der Waals surface area contributed by atoms with E-state index in [-0.39, 0.29) is 41.1 Å². The van der Waals surface area contributed by atoms with Crippen LogP contribution in [0.4, 0.5) is 10.1 Å². The topological polar surface area (TPSA) is 77.0 Å². The smallest absolute Gasteiger partial charge is 0.244 e. The zero-order valence-electron chi connectivity index (χ0n) is 13.8. The number of nitrogens with two attached hydrogens (primary N) is 1. The van der Waals surface area contributed by atoms with E-state index in [1.165, 1.54) is 34.6 Å². The second kappa shape index (κ2) is 7.26. The van der Waals surface area contributed by atoms with Crippen LogP contribution in [0.1, 0.15) is 0 Å². The minimum absolute atomic E-state index is 0.00975. The molecule has 0 aromatic heterocycles. The van der Waals surface area contributed by atoms with Gasteiger partial charge >= 0.3 is 0 Å². The maximum Gasteiger partial charge on any atom is 0.244 e. The van der Waals surface area contributed by atoms with Gasteiger partial charge in [-0.3, -0.25) is 0 Å². The van der Waals surface area contributed by atoms with Crippen molar-refractivity contribution in [1.29, 1.82) is 0 Å². The van der Waals surface area contributed by atoms with E-state index in [0.29, 0.717) is 5.02 Å². The number of benzene rings is 2. The van der Waals surface area contributed by atoms with Crippen LogP contribution in [0.2, 0.25) is 10.0 Å². The largest absolute Gasteiger partial charge is 0.492 e. The standard InChI is InChI=1S/C17H14Cl2FN3O3S/c1-22-15-4-3-12(7-14(15)20)26-10-17(21)8-23(9-17)27(24,25)16-5-2-11(18)6-13(16)19/h2-7H,8-10,21H2. The molecule has 0 atom stereocenters. The summed E-state index contributed by atoms with van der Waals surface area (Å²) in [5.41, 5.74) is 5.12. The average molecular weight is 430 g/mol. The highest BCUT2D eigenvalue weighted by molar-refractivity contribution is 7.89. The van der Waals surface area contributed by atoms with Gasteiger partial charge in [-0.05, 0) is 30.3 Å². The van der Waals surface area contributed by atoms with Gasteiger partial charge in [-0.25, -0.2) is 17.7 Å². The number of sulfonamides is 1. The van der Waals surface area contributed by atoms with E-state index < -0.39 is 21.4 Å². The van der Waals surface area contributed by atoms with Crippen LogP contribution in [-0.4, -0.2) is 38.0 Å². The van der Waals surface area contributed by atoms with Crippen molar-refractivity contribution >= 4 is 38.9 Å². The Morgan fingerprint density at radius 3 is 2.56 bits per heavy atom. The molecule has 0 radical (unpaired) electrons. The molecule has 0 spiro atoms. The Labute approximate surface area is 166 Å². The Kier molecular flexibility index (Phi) is 5.34. The fraction of sp³-hybridized carbons (Fsp3) is 0.235. The molecule has 2 N–H and O–H groups in total. The average Bonchev–Trinajstić information content (AvgIpc) is 2.57. The Bertz CT molecular complexity index is 1030. The Morgan fingerprint density at radius 2 is 1.96 bits per heavy atom. The second-order valence-corrected chi connectivity index (χ2v) is 8.97. The molecule has 142 valence electrons. The SMILES string of the molecule is [C-]#[N+]c1ccc(OCC2(N)CN(S(=O)(=O)c3ccc(Cl)cc3Cl)C2)cc1F. The summed E-state index contributed by atoms with van der Waals surface area (Å²) in [5.74, 6) is -0.476. The van der Waals surface area contributed by atoms with Crippen molar-refractivity contribution in [3.63, 3.8) is 0 Å². The first-order chi connectivity index (χ1) is 12.6. The highest BCUT2D eigenvalue weighted by Gasteiger charge is 2.47. The minimum atomic E-state index is -3.81. The number of hydrogen-bond acceptors (Lipinski definition) is 4. The van der Waals surface area contributed by atoms with Crippen molar-refractivity contribution in [1.82, 2.24) is 4.31 Å². The summed E-state index contributed by atoms with van der Waals surface area (Å²) in [4.78, 5) is 2.98. The van der Waals surface area contributed by atoms with Crippen LogP contribution < -0.4 is 10.5 Å². The second-order valence-electron chi connectivity index (χ2n) is 6.22. The zero-order chi connectivity index (χ0) is 19.8. The van der Waals surface area contributed by atoms with Gasteiger partial charge in [0.05, 0.1) is 17.1 Å². The van der Waals surface area contributed by atoms with Gasteiger partial charge in [0.25, 0.3) is 0 Å². The first-order valence-corrected chi connectivity index (χ1v) is 9.88. The third-order valence-corrected chi connectivity index (χ3v) is 6.57. The van der Waals surface area contributed by atoms with E-state index in [9.17, 15) is 12.8 Å². The molecule has 1 fully saturated rings.